The van der Waals surface area contributed by atoms with Gasteiger partial charge in [-0.3, -0.25) is 19.3 Å². The number of hydrogen-bond acceptors (Lipinski definition) is 4. The van der Waals surface area contributed by atoms with Crippen molar-refractivity contribution in [2.24, 2.45) is 5.92 Å². The van der Waals surface area contributed by atoms with Gasteiger partial charge in [0.1, 0.15) is 6.04 Å². The molecule has 0 aromatic heterocycles. The van der Waals surface area contributed by atoms with Gasteiger partial charge in [-0.2, -0.15) is 0 Å². The van der Waals surface area contributed by atoms with Crippen LogP contribution in [0.15, 0.2) is 0 Å². The molecule has 2 fully saturated rings. The fourth-order valence-electron chi connectivity index (χ4n) is 3.77. The van der Waals surface area contributed by atoms with Gasteiger partial charge in [0, 0.05) is 24.5 Å². The molecule has 1 saturated carbocycles. The van der Waals surface area contributed by atoms with E-state index in [-0.39, 0.29) is 42.4 Å². The Kier molecular flexibility index (Phi) is 6.81. The average molecular weight is 353 g/mol. The van der Waals surface area contributed by atoms with E-state index in [2.05, 4.69) is 5.32 Å². The SMILES string of the molecule is CCN(CC(=O)O)C1CC(NC(=O)C2CCCCN2C(=O)C(C)C)C1. The molecule has 0 bridgehead atoms. The molecule has 7 heteroatoms. The first-order valence-electron chi connectivity index (χ1n) is 9.40. The number of carboxylic acid groups (broad SMARTS) is 1. The van der Waals surface area contributed by atoms with Gasteiger partial charge in [0.25, 0.3) is 0 Å². The van der Waals surface area contributed by atoms with Gasteiger partial charge in [-0.15, -0.1) is 0 Å². The number of carbonyl (C=O) groups excluding carboxylic acids is 2. The summed E-state index contributed by atoms with van der Waals surface area (Å²) < 4.78 is 0. The molecule has 0 radical (unpaired) electrons. The maximum absolute atomic E-state index is 12.6. The first kappa shape index (κ1) is 19.7. The fraction of sp³-hybridized carbons (Fsp3) is 0.833. The van der Waals surface area contributed by atoms with Crippen LogP contribution in [0.4, 0.5) is 0 Å². The molecule has 1 heterocycles. The van der Waals surface area contributed by atoms with E-state index >= 15 is 0 Å². The summed E-state index contributed by atoms with van der Waals surface area (Å²) in [4.78, 5) is 39.6. The number of amides is 2. The molecule has 2 aliphatic rings. The molecular weight excluding hydrogens is 322 g/mol. The second-order valence-corrected chi connectivity index (χ2v) is 7.49. The second-order valence-electron chi connectivity index (χ2n) is 7.49. The lowest BCUT2D eigenvalue weighted by molar-refractivity contribution is -0.145. The maximum atomic E-state index is 12.6. The van der Waals surface area contributed by atoms with Gasteiger partial charge in [-0.05, 0) is 38.6 Å². The van der Waals surface area contributed by atoms with Crippen molar-refractivity contribution in [3.8, 4) is 0 Å². The Morgan fingerprint density at radius 2 is 1.92 bits per heavy atom. The molecule has 1 aliphatic heterocycles. The number of likely N-dealkylation sites (tertiary alicyclic amines) is 1. The number of rotatable bonds is 7. The van der Waals surface area contributed by atoms with Gasteiger partial charge in [0.2, 0.25) is 11.8 Å². The Balaban J connectivity index is 1.85. The number of likely N-dealkylation sites (N-methyl/N-ethyl adjacent to an activating group) is 1. The predicted molar refractivity (Wildman–Crippen MR) is 94.0 cm³/mol. The number of aliphatic carboxylic acids is 1. The molecule has 1 aliphatic carbocycles. The predicted octanol–water partition coefficient (Wildman–Crippen LogP) is 1.08. The highest BCUT2D eigenvalue weighted by atomic mass is 16.4. The van der Waals surface area contributed by atoms with E-state index in [1.807, 2.05) is 25.7 Å². The van der Waals surface area contributed by atoms with Gasteiger partial charge in [-0.1, -0.05) is 20.8 Å². The summed E-state index contributed by atoms with van der Waals surface area (Å²) in [5.74, 6) is -0.932. The van der Waals surface area contributed by atoms with Crippen LogP contribution >= 0.6 is 0 Å². The molecule has 2 amide bonds. The Morgan fingerprint density at radius 3 is 2.48 bits per heavy atom. The summed E-state index contributed by atoms with van der Waals surface area (Å²) in [5.41, 5.74) is 0. The third kappa shape index (κ3) is 4.93. The van der Waals surface area contributed by atoms with Crippen molar-refractivity contribution < 1.29 is 19.5 Å². The summed E-state index contributed by atoms with van der Waals surface area (Å²) in [6.07, 6.45) is 4.19. The molecule has 7 nitrogen and oxygen atoms in total. The van der Waals surface area contributed by atoms with Gasteiger partial charge < -0.3 is 15.3 Å². The van der Waals surface area contributed by atoms with E-state index in [0.29, 0.717) is 13.1 Å². The molecule has 142 valence electrons. The normalized spacial score (nSPS) is 26.4. The topological polar surface area (TPSA) is 90.0 Å². The highest BCUT2D eigenvalue weighted by Crippen LogP contribution is 2.27. The number of nitrogens with one attached hydrogen (secondary N) is 1. The van der Waals surface area contributed by atoms with Crippen LogP contribution in [0.5, 0.6) is 0 Å². The zero-order chi connectivity index (χ0) is 18.6. The molecule has 1 atom stereocenters. The fourth-order valence-corrected chi connectivity index (χ4v) is 3.77. The van der Waals surface area contributed by atoms with Crippen LogP contribution in [0.3, 0.4) is 0 Å². The highest BCUT2D eigenvalue weighted by molar-refractivity contribution is 5.88. The first-order valence-corrected chi connectivity index (χ1v) is 9.40. The quantitative estimate of drug-likeness (QED) is 0.715. The number of carbonyl (C=O) groups is 3. The van der Waals surface area contributed by atoms with Crippen molar-refractivity contribution in [2.75, 3.05) is 19.6 Å². The van der Waals surface area contributed by atoms with E-state index in [1.165, 1.54) is 0 Å². The van der Waals surface area contributed by atoms with Crippen LogP contribution in [0.25, 0.3) is 0 Å². The van der Waals surface area contributed by atoms with Crippen molar-refractivity contribution in [1.82, 2.24) is 15.1 Å². The van der Waals surface area contributed by atoms with Crippen LogP contribution in [0.2, 0.25) is 0 Å². The van der Waals surface area contributed by atoms with Crippen molar-refractivity contribution in [2.45, 2.75) is 71.0 Å². The summed E-state index contributed by atoms with van der Waals surface area (Å²) in [5, 5.41) is 12.0. The zero-order valence-corrected chi connectivity index (χ0v) is 15.5. The minimum Gasteiger partial charge on any atom is -0.480 e. The van der Waals surface area contributed by atoms with E-state index < -0.39 is 5.97 Å². The number of nitrogens with zero attached hydrogens (tertiary/aromatic N) is 2. The molecular formula is C18H31N3O4. The molecule has 1 unspecified atom stereocenters. The lowest BCUT2D eigenvalue weighted by Gasteiger charge is -2.43. The minimum absolute atomic E-state index is 0.0428. The molecule has 25 heavy (non-hydrogen) atoms. The molecule has 1 saturated heterocycles. The number of carboxylic acids is 1. The first-order chi connectivity index (χ1) is 11.8. The Labute approximate surface area is 149 Å². The van der Waals surface area contributed by atoms with Crippen molar-refractivity contribution in [3.05, 3.63) is 0 Å². The number of hydrogen-bond donors (Lipinski definition) is 2. The molecule has 0 aromatic rings. The third-order valence-corrected chi connectivity index (χ3v) is 5.30. The largest absolute Gasteiger partial charge is 0.480 e. The van der Waals surface area contributed by atoms with Crippen LogP contribution in [-0.2, 0) is 14.4 Å². The standard InChI is InChI=1S/C18H31N3O4/c1-4-20(11-16(22)23)14-9-13(10-14)19-17(24)15-7-5-6-8-21(15)18(25)12(2)3/h12-15H,4-11H2,1-3H3,(H,19,24)(H,22,23). The summed E-state index contributed by atoms with van der Waals surface area (Å²) in [6, 6.07) is -0.0616. The third-order valence-electron chi connectivity index (χ3n) is 5.30. The number of piperidine rings is 1. The lowest BCUT2D eigenvalue weighted by Crippen LogP contribution is -2.59. The van der Waals surface area contributed by atoms with Gasteiger partial charge in [-0.25, -0.2) is 0 Å². The zero-order valence-electron chi connectivity index (χ0n) is 15.5. The molecule has 2 N–H and O–H groups in total. The van der Waals surface area contributed by atoms with Gasteiger partial charge >= 0.3 is 5.97 Å². The van der Waals surface area contributed by atoms with E-state index in [0.717, 1.165) is 32.1 Å². The van der Waals surface area contributed by atoms with E-state index in [9.17, 15) is 14.4 Å². The monoisotopic (exact) mass is 353 g/mol. The smallest absolute Gasteiger partial charge is 0.317 e. The Morgan fingerprint density at radius 1 is 1.24 bits per heavy atom. The van der Waals surface area contributed by atoms with Crippen LogP contribution in [0, 0.1) is 5.92 Å². The maximum Gasteiger partial charge on any atom is 0.317 e. The van der Waals surface area contributed by atoms with E-state index in [1.54, 1.807) is 4.90 Å². The second kappa shape index (κ2) is 8.65. The molecule has 0 aromatic carbocycles. The minimum atomic E-state index is -0.820. The average Bonchev–Trinajstić information content (AvgIpc) is 2.54. The van der Waals surface area contributed by atoms with Crippen LogP contribution in [-0.4, -0.2) is 70.4 Å². The highest BCUT2D eigenvalue weighted by Gasteiger charge is 2.38. The Bertz CT molecular complexity index is 503. The van der Waals surface area contributed by atoms with Crippen molar-refractivity contribution >= 4 is 17.8 Å². The summed E-state index contributed by atoms with van der Waals surface area (Å²) in [6.45, 7) is 7.07. The molecule has 2 rings (SSSR count). The van der Waals surface area contributed by atoms with E-state index in [4.69, 9.17) is 5.11 Å². The Hall–Kier alpha value is -1.63. The van der Waals surface area contributed by atoms with Crippen molar-refractivity contribution in [1.29, 1.82) is 0 Å². The van der Waals surface area contributed by atoms with Gasteiger partial charge in [0.05, 0.1) is 6.54 Å². The lowest BCUT2D eigenvalue weighted by atomic mass is 9.85. The molecule has 0 spiro atoms. The summed E-state index contributed by atoms with van der Waals surface area (Å²) >= 11 is 0. The summed E-state index contributed by atoms with van der Waals surface area (Å²) in [7, 11) is 0. The van der Waals surface area contributed by atoms with Crippen LogP contribution < -0.4 is 5.32 Å². The van der Waals surface area contributed by atoms with Gasteiger partial charge in [0.15, 0.2) is 0 Å². The van der Waals surface area contributed by atoms with Crippen molar-refractivity contribution in [3.63, 3.8) is 0 Å². The van der Waals surface area contributed by atoms with Crippen LogP contribution in [0.1, 0.15) is 52.9 Å².